The lowest BCUT2D eigenvalue weighted by molar-refractivity contribution is -0.163. The molecule has 242 valence electrons. The van der Waals surface area contributed by atoms with Crippen LogP contribution in [-0.2, 0) is 36.8 Å². The van der Waals surface area contributed by atoms with E-state index in [9.17, 15) is 28.0 Å². The van der Waals surface area contributed by atoms with Gasteiger partial charge >= 0.3 is 12.2 Å². The average Bonchev–Trinajstić information content (AvgIpc) is 2.98. The van der Waals surface area contributed by atoms with Crippen molar-refractivity contribution in [3.8, 4) is 0 Å². The predicted octanol–water partition coefficient (Wildman–Crippen LogP) is 3.19. The maximum atomic E-state index is 14.0. The second-order valence-electron chi connectivity index (χ2n) is 9.88. The molecule has 0 bridgehead atoms. The van der Waals surface area contributed by atoms with Crippen molar-refractivity contribution in [2.75, 3.05) is 26.3 Å². The molecule has 2 aromatic rings. The molecule has 4 N–H and O–H groups in total. The number of ether oxygens (including phenoxy) is 3. The smallest absolute Gasteiger partial charge is 0.408 e. The topological polar surface area (TPSA) is 156 Å². The van der Waals surface area contributed by atoms with Crippen LogP contribution in [0.1, 0.15) is 38.8 Å². The Labute approximate surface area is 255 Å². The van der Waals surface area contributed by atoms with Crippen molar-refractivity contribution < 1.29 is 47.3 Å². The maximum absolute atomic E-state index is 14.0. The van der Waals surface area contributed by atoms with Crippen LogP contribution in [0, 0.1) is 11.6 Å². The summed E-state index contributed by atoms with van der Waals surface area (Å²) in [5.74, 6) is -3.75. The highest BCUT2D eigenvalue weighted by Gasteiger charge is 2.33. The second-order valence-corrected chi connectivity index (χ2v) is 9.88. The van der Waals surface area contributed by atoms with Crippen LogP contribution < -0.4 is 16.0 Å². The fourth-order valence-corrected chi connectivity index (χ4v) is 4.12. The van der Waals surface area contributed by atoms with Crippen molar-refractivity contribution in [2.24, 2.45) is 0 Å². The van der Waals surface area contributed by atoms with Gasteiger partial charge in [-0.3, -0.25) is 9.59 Å². The Balaban J connectivity index is 2.32. The minimum absolute atomic E-state index is 0.00358. The zero-order valence-corrected chi connectivity index (χ0v) is 25.2. The molecule has 4 amide bonds. The van der Waals surface area contributed by atoms with Crippen molar-refractivity contribution >= 4 is 24.0 Å². The van der Waals surface area contributed by atoms with Crippen LogP contribution in [0.2, 0.25) is 0 Å². The number of nitrogens with zero attached hydrogens (tertiary/aromatic N) is 1. The van der Waals surface area contributed by atoms with Crippen molar-refractivity contribution in [2.45, 2.75) is 65.1 Å². The van der Waals surface area contributed by atoms with E-state index in [0.717, 1.165) is 12.1 Å². The highest BCUT2D eigenvalue weighted by Crippen LogP contribution is 2.14. The fraction of sp³-hybridized carbons (Fsp3) is 0.467. The van der Waals surface area contributed by atoms with Gasteiger partial charge in [-0.15, -0.1) is 0 Å². The first-order chi connectivity index (χ1) is 20.9. The molecule has 0 saturated carbocycles. The number of halogens is 2. The Morgan fingerprint density at radius 3 is 2.11 bits per heavy atom. The molecule has 0 aromatic heterocycles. The van der Waals surface area contributed by atoms with Crippen molar-refractivity contribution in [3.63, 3.8) is 0 Å². The monoisotopic (exact) mass is 622 g/mol. The first kappa shape index (κ1) is 35.9. The van der Waals surface area contributed by atoms with Crippen LogP contribution in [-0.4, -0.2) is 84.7 Å². The van der Waals surface area contributed by atoms with Gasteiger partial charge in [0.25, 0.3) is 0 Å². The lowest BCUT2D eigenvalue weighted by atomic mass is 10.0. The first-order valence-corrected chi connectivity index (χ1v) is 14.2. The summed E-state index contributed by atoms with van der Waals surface area (Å²) in [6, 6.07) is 8.58. The number of hydrogen-bond acceptors (Lipinski definition) is 7. The van der Waals surface area contributed by atoms with Gasteiger partial charge in [-0.25, -0.2) is 18.4 Å². The van der Waals surface area contributed by atoms with Crippen LogP contribution in [0.4, 0.5) is 18.4 Å². The Kier molecular flexibility index (Phi) is 15.0. The van der Waals surface area contributed by atoms with Crippen LogP contribution in [0.25, 0.3) is 0 Å². The number of amides is 4. The van der Waals surface area contributed by atoms with Gasteiger partial charge in [-0.2, -0.15) is 0 Å². The van der Waals surface area contributed by atoms with Crippen molar-refractivity contribution in [3.05, 3.63) is 71.3 Å². The van der Waals surface area contributed by atoms with Gasteiger partial charge in [0.1, 0.15) is 18.7 Å². The third-order valence-corrected chi connectivity index (χ3v) is 6.27. The molecule has 0 saturated heterocycles. The van der Waals surface area contributed by atoms with Crippen LogP contribution in [0.5, 0.6) is 0 Å². The molecule has 14 heteroatoms. The number of carbonyl (C=O) groups excluding carboxylic acids is 3. The maximum Gasteiger partial charge on any atom is 0.408 e. The Morgan fingerprint density at radius 2 is 1.55 bits per heavy atom. The fourth-order valence-electron chi connectivity index (χ4n) is 4.12. The Bertz CT molecular complexity index is 1230. The number of benzene rings is 2. The number of alkyl carbamates (subject to hydrolysis) is 1. The molecule has 2 atom stereocenters. The molecule has 0 fully saturated rings. The molecule has 0 aliphatic carbocycles. The van der Waals surface area contributed by atoms with E-state index >= 15 is 0 Å². The van der Waals surface area contributed by atoms with E-state index in [2.05, 4.69) is 10.6 Å². The first-order valence-electron chi connectivity index (χ1n) is 14.2. The minimum Gasteiger partial charge on any atom is -0.465 e. The zero-order valence-electron chi connectivity index (χ0n) is 25.2. The van der Waals surface area contributed by atoms with Crippen LogP contribution in [0.3, 0.4) is 0 Å². The third kappa shape index (κ3) is 12.1. The lowest BCUT2D eigenvalue weighted by Crippen LogP contribution is -2.59. The van der Waals surface area contributed by atoms with E-state index in [4.69, 9.17) is 19.3 Å². The summed E-state index contributed by atoms with van der Waals surface area (Å²) in [7, 11) is 0. The summed E-state index contributed by atoms with van der Waals surface area (Å²) in [5.41, 5.74) is 0.878. The molecule has 2 rings (SSSR count). The third-order valence-electron chi connectivity index (χ3n) is 6.27. The molecule has 12 nitrogen and oxygen atoms in total. The van der Waals surface area contributed by atoms with Crippen molar-refractivity contribution in [1.82, 2.24) is 20.9 Å². The highest BCUT2D eigenvalue weighted by atomic mass is 19.2. The van der Waals surface area contributed by atoms with E-state index in [1.807, 2.05) is 5.32 Å². The predicted molar refractivity (Wildman–Crippen MR) is 155 cm³/mol. The Morgan fingerprint density at radius 1 is 0.886 bits per heavy atom. The van der Waals surface area contributed by atoms with E-state index in [-0.39, 0.29) is 25.1 Å². The van der Waals surface area contributed by atoms with E-state index in [1.165, 1.54) is 11.0 Å². The minimum atomic E-state index is -1.50. The van der Waals surface area contributed by atoms with Gasteiger partial charge in [0, 0.05) is 25.7 Å². The molecule has 0 heterocycles. The summed E-state index contributed by atoms with van der Waals surface area (Å²) in [4.78, 5) is 52.5. The molecule has 0 aliphatic heterocycles. The quantitative estimate of drug-likeness (QED) is 0.196. The van der Waals surface area contributed by atoms with E-state index in [0.29, 0.717) is 18.8 Å². The second kappa shape index (κ2) is 18.4. The van der Waals surface area contributed by atoms with Gasteiger partial charge in [0.05, 0.1) is 13.1 Å². The number of carboxylic acid groups (broad SMARTS) is 1. The summed E-state index contributed by atoms with van der Waals surface area (Å²) >= 11 is 0. The summed E-state index contributed by atoms with van der Waals surface area (Å²) in [6.07, 6.45) is -3.49. The molecule has 0 spiro atoms. The van der Waals surface area contributed by atoms with Gasteiger partial charge < -0.3 is 40.2 Å². The molecular formula is C30H40F2N4O8. The summed E-state index contributed by atoms with van der Waals surface area (Å²) in [6.45, 7) is 6.96. The normalized spacial score (nSPS) is 12.4. The summed E-state index contributed by atoms with van der Waals surface area (Å²) in [5, 5.41) is 16.0. The summed E-state index contributed by atoms with van der Waals surface area (Å²) < 4.78 is 44.0. The van der Waals surface area contributed by atoms with Gasteiger partial charge in [-0.1, -0.05) is 36.4 Å². The largest absolute Gasteiger partial charge is 0.465 e. The standard InChI is InChI=1S/C30H40F2N4O8/c1-5-42-26(43-6-2)17-36(19(3)4)28(38)24(15-21-12-13-22(31)23(32)14-21)34-27(37)25(16-33-29(39)40)35-30(41)44-18-20-10-8-7-9-11-20/h7-14,19,24-26,33H,5-6,15-18H2,1-4H3,(H,34,37)(H,35,41)(H,39,40). The van der Waals surface area contributed by atoms with E-state index in [1.54, 1.807) is 58.0 Å². The van der Waals surface area contributed by atoms with Gasteiger partial charge in [0.2, 0.25) is 11.8 Å². The van der Waals surface area contributed by atoms with Crippen LogP contribution in [0.15, 0.2) is 48.5 Å². The average molecular weight is 623 g/mol. The molecule has 2 aromatic carbocycles. The molecule has 2 unspecified atom stereocenters. The number of hydrogen-bond donors (Lipinski definition) is 4. The molecule has 0 radical (unpaired) electrons. The highest BCUT2D eigenvalue weighted by molar-refractivity contribution is 5.92. The van der Waals surface area contributed by atoms with Gasteiger partial charge in [-0.05, 0) is 51.0 Å². The van der Waals surface area contributed by atoms with Gasteiger partial charge in [0.15, 0.2) is 17.9 Å². The zero-order chi connectivity index (χ0) is 32.6. The number of rotatable bonds is 17. The molecular weight excluding hydrogens is 582 g/mol. The van der Waals surface area contributed by atoms with Crippen LogP contribution >= 0.6 is 0 Å². The lowest BCUT2D eigenvalue weighted by Gasteiger charge is -2.34. The SMILES string of the molecule is CCOC(CN(C(=O)C(Cc1ccc(F)c(F)c1)NC(=O)C(CNC(=O)O)NC(=O)OCc1ccccc1)C(C)C)OCC. The molecule has 0 aliphatic rings. The number of carbonyl (C=O) groups is 4. The van der Waals surface area contributed by atoms with E-state index < -0.39 is 66.6 Å². The Hall–Kier alpha value is -4.30. The number of nitrogens with one attached hydrogen (secondary N) is 3. The van der Waals surface area contributed by atoms with Crippen molar-refractivity contribution in [1.29, 1.82) is 0 Å². The molecule has 44 heavy (non-hydrogen) atoms.